The van der Waals surface area contributed by atoms with E-state index in [4.69, 9.17) is 44.2 Å². The van der Waals surface area contributed by atoms with Crippen LogP contribution in [-0.2, 0) is 91.1 Å². The number of carboxylic acid groups (broad SMARTS) is 2. The molecule has 16 rings (SSSR count). The molecule has 708 valence electrons. The van der Waals surface area contributed by atoms with Crippen molar-refractivity contribution in [1.29, 1.82) is 0 Å². The summed E-state index contributed by atoms with van der Waals surface area (Å²) in [6.45, 7) is -0.824. The monoisotopic (exact) mass is 2010 g/mol. The highest BCUT2D eigenvalue weighted by atomic mass is 32.2. The molecule has 0 saturated carbocycles. The third-order valence-electron chi connectivity index (χ3n) is 20.4. The molecule has 12 N–H and O–H groups in total. The van der Waals surface area contributed by atoms with Crippen molar-refractivity contribution in [1.82, 2.24) is 39.0 Å². The second-order valence-electron chi connectivity index (χ2n) is 29.1. The summed E-state index contributed by atoms with van der Waals surface area (Å²) in [4.78, 5) is 159. The lowest BCUT2D eigenvalue weighted by atomic mass is 9.80. The first-order valence-electron chi connectivity index (χ1n) is 38.8. The number of ketones is 4. The number of carbonyl (C=O) groups excluding carboxylic acids is 6. The number of benzene rings is 10. The summed E-state index contributed by atoms with van der Waals surface area (Å²) in [5.41, 5.74) is -6.07. The largest absolute Gasteiger partial charge is 0.478 e. The summed E-state index contributed by atoms with van der Waals surface area (Å²) in [5, 5.41) is 37.2. The van der Waals surface area contributed by atoms with Gasteiger partial charge in [-0.15, -0.1) is 25.3 Å². The van der Waals surface area contributed by atoms with E-state index in [0.717, 1.165) is 77.4 Å². The number of hydrogen-bond donors (Lipinski definition) is 12. The Hall–Kier alpha value is -17.5. The maximum absolute atomic E-state index is 15.1. The molecule has 0 amide bonds. The van der Waals surface area contributed by atoms with Crippen molar-refractivity contribution in [2.45, 2.75) is 20.4 Å². The number of aromatic nitrogens is 8. The van der Waals surface area contributed by atoms with E-state index in [9.17, 15) is 105 Å². The lowest BCUT2D eigenvalue weighted by Crippen LogP contribution is -2.29. The number of aromatic carboxylic acids is 2. The van der Waals surface area contributed by atoms with Crippen LogP contribution < -0.4 is 62.0 Å². The van der Waals surface area contributed by atoms with Gasteiger partial charge >= 0.3 is 45.2 Å². The third-order valence-corrected chi connectivity index (χ3v) is 23.8. The van der Waals surface area contributed by atoms with Gasteiger partial charge in [-0.3, -0.25) is 56.6 Å². The quantitative estimate of drug-likeness (QED) is 0.00815. The van der Waals surface area contributed by atoms with Gasteiger partial charge in [-0.25, -0.2) is 9.59 Å². The summed E-state index contributed by atoms with van der Waals surface area (Å²) in [6, 6.07) is 38.9. The normalized spacial score (nSPS) is 11.8. The number of ether oxygens (including phenoxy) is 4. The molecule has 2 aliphatic rings. The molecule has 139 heavy (non-hydrogen) atoms. The predicted octanol–water partition coefficient (Wildman–Crippen LogP) is 8.31. The fourth-order valence-corrected chi connectivity index (χ4v) is 17.3. The zero-order valence-corrected chi connectivity index (χ0v) is 74.8. The molecule has 4 aromatic heterocycles. The predicted molar refractivity (Wildman–Crippen MR) is 483 cm³/mol. The molecule has 0 saturated heterocycles. The second kappa shape index (κ2) is 39.2. The number of anilines is 10. The number of nitrogens with one attached hydrogen (secondary N) is 6. The third kappa shape index (κ3) is 21.3. The topological polar surface area (TPSA) is 727 Å². The second-order valence-corrected chi connectivity index (χ2v) is 35.6. The molecule has 2 aliphatic carbocycles. The van der Waals surface area contributed by atoms with Gasteiger partial charge in [0.15, 0.2) is 23.1 Å². The average molecular weight is 2010 g/mol. The lowest BCUT2D eigenvalue weighted by Gasteiger charge is -2.26. The Labute approximate surface area is 781 Å². The number of carboxylic acids is 2. The summed E-state index contributed by atoms with van der Waals surface area (Å²) in [6.07, 6.45) is 0. The molecule has 54 heteroatoms. The molecule has 48 nitrogen and oxygen atoms in total. The van der Waals surface area contributed by atoms with E-state index in [1.54, 1.807) is 36.4 Å². The molecule has 14 aromatic rings. The summed E-state index contributed by atoms with van der Waals surface area (Å²) < 4.78 is 222. The van der Waals surface area contributed by atoms with Gasteiger partial charge in [0.05, 0.1) is 72.1 Å². The number of aryl methyl sites for hydroxylation is 2. The maximum Gasteiger partial charge on any atom is 0.425 e. The van der Waals surface area contributed by atoms with Crippen LogP contribution in [0.1, 0.15) is 90.0 Å². The van der Waals surface area contributed by atoms with E-state index in [-0.39, 0.29) is 126 Å². The molecular weight excluding hydrogens is 1950 g/mol. The molecule has 0 unspecified atom stereocenters. The minimum Gasteiger partial charge on any atom is -0.478 e. The van der Waals surface area contributed by atoms with E-state index in [0.29, 0.717) is 11.6 Å². The Bertz CT molecular complexity index is 8540. The van der Waals surface area contributed by atoms with E-state index in [2.05, 4.69) is 61.8 Å². The van der Waals surface area contributed by atoms with Crippen LogP contribution in [0.25, 0.3) is 44.1 Å². The molecular formula is C85H58N14O34S6. The van der Waals surface area contributed by atoms with Crippen molar-refractivity contribution < 1.29 is 145 Å². The van der Waals surface area contributed by atoms with Crippen LogP contribution in [-0.4, -0.2) is 187 Å². The molecule has 0 fully saturated rings. The lowest BCUT2D eigenvalue weighted by molar-refractivity contribution is -0.121. The standard InChI is InChI=1S/C85H58N14O28S4.2O3S/c1-98-60-22-20-55(66-68(60)64(51-15-6-8-17-53(51)74(66)104)70(76(98)106)72(102)40-11-4-3-5-12-40)88-45-19-24-62(130(118,119)120)58(33-45)91-83-93-81(95-85(97-83)127-49-30-43(79(110)111)28-47(35-49)125-39-101)87-26-25-86-80-92-82(96-84(94-80)126-48-29-42(78(108)109)27-46(34-48)124-38-100)90-57-36-59(63(131(121,122)123)32-44(57)37-128(112,113)114)89-56-21-23-61-69-65(52-16-7-9-18-54(52)75(105)67(56)69)71(77(107)99(61)2)73(103)41-13-10-14-50(31-41)129(115,116)117;2*1-4(2)3/h3-24,27-36,38-39,88-89H,25-26,37H2,1-2H3,(H,108,109)(H,110,111)(H,112,113,114)(H,115,116,117)(H,118,119,120)(H,121,122,123)(H2,86,90,92,94,96)(H2,87,91,93,95,97);;. The van der Waals surface area contributed by atoms with Crippen molar-refractivity contribution in [2.75, 3.05) is 45.0 Å². The first-order valence-corrected chi connectivity index (χ1v) is 46.7. The zero-order chi connectivity index (χ0) is 100. The molecule has 0 bridgehead atoms. The van der Waals surface area contributed by atoms with E-state index in [1.807, 2.05) is 0 Å². The maximum atomic E-state index is 15.1. The zero-order valence-electron chi connectivity index (χ0n) is 69.9. The van der Waals surface area contributed by atoms with Gasteiger partial charge in [0.1, 0.15) is 38.5 Å². The van der Waals surface area contributed by atoms with Gasteiger partial charge in [0.2, 0.25) is 23.8 Å². The molecule has 0 radical (unpaired) electrons. The highest BCUT2D eigenvalue weighted by Gasteiger charge is 2.38. The highest BCUT2D eigenvalue weighted by molar-refractivity contribution is 7.86. The fraction of sp³-hybridized carbons (Fsp3) is 0.0588. The number of pyridine rings is 2. The van der Waals surface area contributed by atoms with Gasteiger partial charge in [0, 0.05) is 94.8 Å². The number of nitrogens with zero attached hydrogens (tertiary/aromatic N) is 8. The van der Waals surface area contributed by atoms with Crippen LogP contribution in [0.2, 0.25) is 0 Å². The Morgan fingerprint density at radius 2 is 0.813 bits per heavy atom. The number of carbonyl (C=O) groups is 8. The van der Waals surface area contributed by atoms with Gasteiger partial charge in [-0.05, 0) is 108 Å². The minimum atomic E-state index is -5.57. The van der Waals surface area contributed by atoms with Crippen LogP contribution in [0.5, 0.6) is 35.0 Å². The first kappa shape index (κ1) is 97.5. The fourth-order valence-electron chi connectivity index (χ4n) is 14.9. The number of hydrogen-bond acceptors (Lipinski definition) is 40. The molecule has 4 heterocycles. The summed E-state index contributed by atoms with van der Waals surface area (Å²) in [5.74, 6) is -11.5. The molecule has 0 aliphatic heterocycles. The van der Waals surface area contributed by atoms with Gasteiger partial charge in [-0.2, -0.15) is 63.6 Å². The molecule has 0 atom stereocenters. The Kier molecular flexibility index (Phi) is 27.5. The van der Waals surface area contributed by atoms with Gasteiger partial charge < -0.3 is 70.2 Å². The van der Waals surface area contributed by atoms with Crippen LogP contribution in [0.4, 0.5) is 57.9 Å². The summed E-state index contributed by atoms with van der Waals surface area (Å²) >= 11 is 0. The molecule has 10 aromatic carbocycles. The van der Waals surface area contributed by atoms with Crippen LogP contribution in [0.3, 0.4) is 0 Å². The van der Waals surface area contributed by atoms with Crippen LogP contribution >= 0.6 is 0 Å². The number of rotatable bonds is 32. The Morgan fingerprint density at radius 1 is 0.396 bits per heavy atom. The highest BCUT2D eigenvalue weighted by Crippen LogP contribution is 2.48. The van der Waals surface area contributed by atoms with Crippen molar-refractivity contribution >= 4 is 189 Å². The van der Waals surface area contributed by atoms with Crippen LogP contribution in [0.15, 0.2) is 218 Å². The Balaban J connectivity index is 0.00000185. The smallest absolute Gasteiger partial charge is 0.425 e. The number of fused-ring (bicyclic) bond motifs is 4. The van der Waals surface area contributed by atoms with E-state index >= 15 is 4.79 Å². The first-order chi connectivity index (χ1) is 65.7. The van der Waals surface area contributed by atoms with Crippen molar-refractivity contribution in [3.8, 4) is 57.3 Å². The van der Waals surface area contributed by atoms with E-state index < -0.39 is 221 Å². The van der Waals surface area contributed by atoms with Crippen LogP contribution in [0, 0.1) is 0 Å². The summed E-state index contributed by atoms with van der Waals surface area (Å²) in [7, 11) is -24.5. The average Bonchev–Trinajstić information content (AvgIpc) is 0.709. The van der Waals surface area contributed by atoms with Gasteiger partial charge in [-0.1, -0.05) is 91.0 Å². The van der Waals surface area contributed by atoms with E-state index in [1.165, 1.54) is 97.5 Å². The Morgan fingerprint density at radius 3 is 1.26 bits per heavy atom. The minimum absolute atomic E-state index is 0.00203. The molecule has 0 spiro atoms. The SMILES string of the molecule is Cn1c(=O)c(C(=O)c2ccccc2)c2c3c(c(Nc4ccc(S(=O)(=O)O)c(Nc5nc(NCCNc6nc(Nc7cc(Nc8ccc9c%10c8C(=O)c8ccccc8-c%10c(C(=O)c8cccc(S(=O)(=O)O)c8)c(=O)n9C)c(S(=O)(=O)O)cc7CS(=O)(=O)O)nc(Oc7cc(OC=O)cc(C(=O)O)c7)n6)nc(Oc6cc(OC=O)cc(C(=O)O)c6)n5)c4)ccc31)C(=O)c1ccccc1-2.O=S(=O)=O.O=S(=O)=O. The van der Waals surface area contributed by atoms with Crippen molar-refractivity contribution in [3.05, 3.63) is 276 Å². The van der Waals surface area contributed by atoms with Crippen molar-refractivity contribution in [3.63, 3.8) is 0 Å². The van der Waals surface area contributed by atoms with Crippen molar-refractivity contribution in [2.24, 2.45) is 14.1 Å². The van der Waals surface area contributed by atoms with Gasteiger partial charge in [0.25, 0.3) is 64.5 Å².